The maximum Gasteiger partial charge on any atom is 0.327 e. The number of carbonyl (C=O) groups is 2. The van der Waals surface area contributed by atoms with Crippen LogP contribution in [0.15, 0.2) is 12.4 Å². The summed E-state index contributed by atoms with van der Waals surface area (Å²) in [6.45, 7) is 2.03. The number of aromatic nitrogens is 2. The van der Waals surface area contributed by atoms with Gasteiger partial charge in [0.1, 0.15) is 11.9 Å². The summed E-state index contributed by atoms with van der Waals surface area (Å²) in [5.74, 6) is -1.66. The van der Waals surface area contributed by atoms with Crippen LogP contribution in [0, 0.1) is 0 Å². The molecule has 0 aromatic carbocycles. The number of hydrogen-bond donors (Lipinski definition) is 2. The molecule has 6 heteroatoms. The molecule has 0 spiro atoms. The van der Waals surface area contributed by atoms with Gasteiger partial charge in [0.05, 0.1) is 6.42 Å². The van der Waals surface area contributed by atoms with Gasteiger partial charge in [-0.05, 0) is 6.42 Å². The average molecular weight is 240 g/mol. The third-order valence-corrected chi connectivity index (χ3v) is 2.49. The predicted molar refractivity (Wildman–Crippen MR) is 59.8 cm³/mol. The first-order valence-corrected chi connectivity index (χ1v) is 5.52. The molecule has 0 saturated heterocycles. The zero-order chi connectivity index (χ0) is 12.8. The van der Waals surface area contributed by atoms with Gasteiger partial charge in [-0.25, -0.2) is 9.78 Å². The molecule has 1 aromatic heterocycles. The fourth-order valence-corrected chi connectivity index (χ4v) is 1.63. The Hall–Kier alpha value is -1.85. The summed E-state index contributed by atoms with van der Waals surface area (Å²) in [6, 6.07) is -1.08. The lowest BCUT2D eigenvalue weighted by Crippen LogP contribution is -2.23. The van der Waals surface area contributed by atoms with Gasteiger partial charge in [0.25, 0.3) is 0 Å². The standard InChI is InChI=1S/C11H16N2O4/c1-2-3-4-9-12-5-6-13(9)8(11(16)17)7-10(14)15/h5-6,8H,2-4,7H2,1H3,(H,14,15)(H,16,17). The van der Waals surface area contributed by atoms with E-state index < -0.39 is 24.4 Å². The van der Waals surface area contributed by atoms with E-state index in [1.54, 1.807) is 0 Å². The normalized spacial score (nSPS) is 12.3. The highest BCUT2D eigenvalue weighted by molar-refractivity contribution is 5.79. The van der Waals surface area contributed by atoms with Crippen molar-refractivity contribution in [1.82, 2.24) is 9.55 Å². The molecule has 94 valence electrons. The molecule has 0 saturated carbocycles. The summed E-state index contributed by atoms with van der Waals surface area (Å²) in [7, 11) is 0. The van der Waals surface area contributed by atoms with E-state index in [1.807, 2.05) is 6.92 Å². The van der Waals surface area contributed by atoms with Crippen molar-refractivity contribution in [2.24, 2.45) is 0 Å². The number of carboxylic acid groups (broad SMARTS) is 2. The fraction of sp³-hybridized carbons (Fsp3) is 0.545. The number of rotatable bonds is 7. The lowest BCUT2D eigenvalue weighted by atomic mass is 10.2. The van der Waals surface area contributed by atoms with Gasteiger partial charge < -0.3 is 14.8 Å². The highest BCUT2D eigenvalue weighted by atomic mass is 16.4. The molecule has 1 rings (SSSR count). The quantitative estimate of drug-likeness (QED) is 0.750. The summed E-state index contributed by atoms with van der Waals surface area (Å²) < 4.78 is 1.44. The molecule has 2 N–H and O–H groups in total. The van der Waals surface area contributed by atoms with E-state index in [9.17, 15) is 9.59 Å². The fourth-order valence-electron chi connectivity index (χ4n) is 1.63. The zero-order valence-corrected chi connectivity index (χ0v) is 9.67. The first-order chi connectivity index (χ1) is 8.06. The molecular formula is C11H16N2O4. The second kappa shape index (κ2) is 6.03. The van der Waals surface area contributed by atoms with Crippen LogP contribution in [-0.2, 0) is 16.0 Å². The van der Waals surface area contributed by atoms with E-state index in [0.717, 1.165) is 12.8 Å². The monoisotopic (exact) mass is 240 g/mol. The van der Waals surface area contributed by atoms with E-state index in [-0.39, 0.29) is 0 Å². The summed E-state index contributed by atoms with van der Waals surface area (Å²) in [4.78, 5) is 25.8. The Balaban J connectivity index is 2.89. The lowest BCUT2D eigenvalue weighted by Gasteiger charge is -2.14. The molecule has 0 aliphatic rings. The van der Waals surface area contributed by atoms with E-state index in [4.69, 9.17) is 10.2 Å². The minimum Gasteiger partial charge on any atom is -0.481 e. The molecule has 6 nitrogen and oxygen atoms in total. The summed E-state index contributed by atoms with van der Waals surface area (Å²) >= 11 is 0. The number of aryl methyl sites for hydroxylation is 1. The van der Waals surface area contributed by atoms with Gasteiger partial charge in [0, 0.05) is 18.8 Å². The molecule has 17 heavy (non-hydrogen) atoms. The van der Waals surface area contributed by atoms with Gasteiger partial charge >= 0.3 is 11.9 Å². The van der Waals surface area contributed by atoms with Crippen molar-refractivity contribution in [3.8, 4) is 0 Å². The van der Waals surface area contributed by atoms with Crippen LogP contribution in [0.2, 0.25) is 0 Å². The Morgan fingerprint density at radius 3 is 2.71 bits per heavy atom. The van der Waals surface area contributed by atoms with Crippen molar-refractivity contribution in [2.75, 3.05) is 0 Å². The van der Waals surface area contributed by atoms with Crippen molar-refractivity contribution in [3.05, 3.63) is 18.2 Å². The SMILES string of the molecule is CCCCc1nccn1C(CC(=O)O)C(=O)O. The molecule has 1 heterocycles. The molecule has 0 aliphatic carbocycles. The van der Waals surface area contributed by atoms with Gasteiger partial charge in [-0.2, -0.15) is 0 Å². The Morgan fingerprint density at radius 2 is 2.18 bits per heavy atom. The predicted octanol–water partition coefficient (Wildman–Crippen LogP) is 1.33. The maximum absolute atomic E-state index is 11.0. The molecule has 0 fully saturated rings. The van der Waals surface area contributed by atoms with E-state index in [0.29, 0.717) is 12.2 Å². The highest BCUT2D eigenvalue weighted by Crippen LogP contribution is 2.16. The molecule has 1 atom stereocenters. The van der Waals surface area contributed by atoms with Gasteiger partial charge in [0.15, 0.2) is 0 Å². The van der Waals surface area contributed by atoms with Crippen LogP contribution in [0.25, 0.3) is 0 Å². The third kappa shape index (κ3) is 3.58. The van der Waals surface area contributed by atoms with Crippen LogP contribution >= 0.6 is 0 Å². The maximum atomic E-state index is 11.0. The number of nitrogens with zero attached hydrogens (tertiary/aromatic N) is 2. The topological polar surface area (TPSA) is 92.4 Å². The number of aliphatic carboxylic acids is 2. The second-order valence-electron chi connectivity index (χ2n) is 3.81. The molecule has 0 aliphatic heterocycles. The molecule has 0 radical (unpaired) electrons. The molecule has 0 amide bonds. The first-order valence-electron chi connectivity index (χ1n) is 5.52. The van der Waals surface area contributed by atoms with Crippen molar-refractivity contribution in [1.29, 1.82) is 0 Å². The Bertz CT molecular complexity index is 400. The first kappa shape index (κ1) is 13.2. The number of unbranched alkanes of at least 4 members (excludes halogenated alkanes) is 1. The third-order valence-electron chi connectivity index (χ3n) is 2.49. The molecule has 1 unspecified atom stereocenters. The van der Waals surface area contributed by atoms with Gasteiger partial charge in [-0.15, -0.1) is 0 Å². The average Bonchev–Trinajstić information content (AvgIpc) is 2.70. The van der Waals surface area contributed by atoms with Crippen molar-refractivity contribution in [3.63, 3.8) is 0 Å². The Labute approximate surface area is 98.9 Å². The lowest BCUT2D eigenvalue weighted by molar-refractivity contribution is -0.147. The minimum atomic E-state index is -1.15. The number of imidazole rings is 1. The van der Waals surface area contributed by atoms with Crippen LogP contribution < -0.4 is 0 Å². The number of carboxylic acids is 2. The van der Waals surface area contributed by atoms with E-state index in [1.165, 1.54) is 17.0 Å². The smallest absolute Gasteiger partial charge is 0.327 e. The largest absolute Gasteiger partial charge is 0.481 e. The Kier molecular flexibility index (Phi) is 4.68. The summed E-state index contributed by atoms with van der Waals surface area (Å²) in [5.41, 5.74) is 0. The summed E-state index contributed by atoms with van der Waals surface area (Å²) in [5, 5.41) is 17.7. The van der Waals surface area contributed by atoms with Crippen molar-refractivity contribution >= 4 is 11.9 Å². The van der Waals surface area contributed by atoms with Gasteiger partial charge in [-0.3, -0.25) is 4.79 Å². The van der Waals surface area contributed by atoms with Gasteiger partial charge in [-0.1, -0.05) is 13.3 Å². The second-order valence-corrected chi connectivity index (χ2v) is 3.81. The highest BCUT2D eigenvalue weighted by Gasteiger charge is 2.24. The zero-order valence-electron chi connectivity index (χ0n) is 9.67. The van der Waals surface area contributed by atoms with Crippen molar-refractivity contribution < 1.29 is 19.8 Å². The van der Waals surface area contributed by atoms with E-state index in [2.05, 4.69) is 4.98 Å². The number of hydrogen-bond acceptors (Lipinski definition) is 3. The molecular weight excluding hydrogens is 224 g/mol. The van der Waals surface area contributed by atoms with Crippen LogP contribution in [-0.4, -0.2) is 31.7 Å². The van der Waals surface area contributed by atoms with Crippen LogP contribution in [0.5, 0.6) is 0 Å². The van der Waals surface area contributed by atoms with Crippen LogP contribution in [0.3, 0.4) is 0 Å². The molecule has 1 aromatic rings. The Morgan fingerprint density at radius 1 is 1.47 bits per heavy atom. The van der Waals surface area contributed by atoms with Crippen molar-refractivity contribution in [2.45, 2.75) is 38.6 Å². The van der Waals surface area contributed by atoms with Crippen LogP contribution in [0.1, 0.15) is 38.1 Å². The summed E-state index contributed by atoms with van der Waals surface area (Å²) in [6.07, 6.45) is 5.12. The molecule has 0 bridgehead atoms. The van der Waals surface area contributed by atoms with Gasteiger partial charge in [0.2, 0.25) is 0 Å². The van der Waals surface area contributed by atoms with E-state index >= 15 is 0 Å². The van der Waals surface area contributed by atoms with Crippen LogP contribution in [0.4, 0.5) is 0 Å². The minimum absolute atomic E-state index is 0.440.